The van der Waals surface area contributed by atoms with Crippen molar-refractivity contribution in [3.63, 3.8) is 0 Å². The largest absolute Gasteiger partial charge is 0.493 e. The fourth-order valence-electron chi connectivity index (χ4n) is 3.72. The van der Waals surface area contributed by atoms with Crippen molar-refractivity contribution in [1.82, 2.24) is 14.7 Å². The van der Waals surface area contributed by atoms with Crippen LogP contribution in [0, 0.1) is 0 Å². The SMILES string of the molecule is COc1ccccc1OC1CCN(C(=O)[C@@H](C)N2CCN(C)CC2)CC1. The minimum absolute atomic E-state index is 0.0321. The first-order chi connectivity index (χ1) is 12.6. The standard InChI is InChI=1S/C20H31N3O3/c1-16(22-14-12-21(2)13-15-22)20(24)23-10-8-17(9-11-23)26-19-7-5-4-6-18(19)25-3/h4-7,16-17H,8-15H2,1-3H3/t16-/m1/s1. The van der Waals surface area contributed by atoms with Gasteiger partial charge in [-0.3, -0.25) is 9.69 Å². The lowest BCUT2D eigenvalue weighted by Crippen LogP contribution is -2.55. The molecule has 144 valence electrons. The molecule has 2 aliphatic heterocycles. The van der Waals surface area contributed by atoms with Crippen molar-refractivity contribution >= 4 is 5.91 Å². The van der Waals surface area contributed by atoms with Crippen LogP contribution in [0.3, 0.4) is 0 Å². The smallest absolute Gasteiger partial charge is 0.239 e. The molecule has 6 nitrogen and oxygen atoms in total. The maximum Gasteiger partial charge on any atom is 0.239 e. The number of benzene rings is 1. The van der Waals surface area contributed by atoms with Crippen LogP contribution >= 0.6 is 0 Å². The van der Waals surface area contributed by atoms with Gasteiger partial charge in [0.2, 0.25) is 5.91 Å². The predicted molar refractivity (Wildman–Crippen MR) is 102 cm³/mol. The summed E-state index contributed by atoms with van der Waals surface area (Å²) in [7, 11) is 3.79. The molecule has 1 aromatic rings. The molecular formula is C20H31N3O3. The number of nitrogens with zero attached hydrogens (tertiary/aromatic N) is 3. The normalized spacial score (nSPS) is 21.4. The topological polar surface area (TPSA) is 45.3 Å². The van der Waals surface area contributed by atoms with Crippen LogP contribution < -0.4 is 9.47 Å². The van der Waals surface area contributed by atoms with Crippen molar-refractivity contribution in [3.05, 3.63) is 24.3 Å². The molecule has 1 atom stereocenters. The third-order valence-electron chi connectivity index (χ3n) is 5.56. The highest BCUT2D eigenvalue weighted by atomic mass is 16.5. The average Bonchev–Trinajstić information content (AvgIpc) is 2.68. The van der Waals surface area contributed by atoms with Crippen LogP contribution in [0.15, 0.2) is 24.3 Å². The molecule has 0 saturated carbocycles. The van der Waals surface area contributed by atoms with Gasteiger partial charge in [0, 0.05) is 52.1 Å². The minimum atomic E-state index is -0.0321. The molecule has 3 rings (SSSR count). The number of carbonyl (C=O) groups is 1. The zero-order valence-corrected chi connectivity index (χ0v) is 16.2. The number of likely N-dealkylation sites (N-methyl/N-ethyl adjacent to an activating group) is 1. The predicted octanol–water partition coefficient (Wildman–Crippen LogP) is 1.70. The first-order valence-electron chi connectivity index (χ1n) is 9.59. The first kappa shape index (κ1) is 19.0. The molecule has 0 bridgehead atoms. The highest BCUT2D eigenvalue weighted by Crippen LogP contribution is 2.29. The molecule has 1 amide bonds. The zero-order chi connectivity index (χ0) is 18.5. The number of piperazine rings is 1. The average molecular weight is 361 g/mol. The fourth-order valence-corrected chi connectivity index (χ4v) is 3.72. The van der Waals surface area contributed by atoms with Crippen LogP contribution in [0.5, 0.6) is 11.5 Å². The number of amides is 1. The molecular weight excluding hydrogens is 330 g/mol. The van der Waals surface area contributed by atoms with Crippen LogP contribution in [0.1, 0.15) is 19.8 Å². The number of carbonyl (C=O) groups excluding carboxylic acids is 1. The summed E-state index contributed by atoms with van der Waals surface area (Å²) in [4.78, 5) is 19.5. The number of methoxy groups -OCH3 is 1. The fraction of sp³-hybridized carbons (Fsp3) is 0.650. The summed E-state index contributed by atoms with van der Waals surface area (Å²) < 4.78 is 11.5. The van der Waals surface area contributed by atoms with Gasteiger partial charge in [0.05, 0.1) is 13.2 Å². The van der Waals surface area contributed by atoms with E-state index in [-0.39, 0.29) is 18.1 Å². The van der Waals surface area contributed by atoms with E-state index in [2.05, 4.69) is 16.8 Å². The van der Waals surface area contributed by atoms with E-state index in [1.807, 2.05) is 36.1 Å². The van der Waals surface area contributed by atoms with Gasteiger partial charge < -0.3 is 19.3 Å². The third-order valence-corrected chi connectivity index (χ3v) is 5.56. The highest BCUT2D eigenvalue weighted by molar-refractivity contribution is 5.81. The number of hydrogen-bond acceptors (Lipinski definition) is 5. The second-order valence-corrected chi connectivity index (χ2v) is 7.31. The van der Waals surface area contributed by atoms with Crippen molar-refractivity contribution in [1.29, 1.82) is 0 Å². The molecule has 0 N–H and O–H groups in total. The Kier molecular flexibility index (Phi) is 6.38. The Bertz CT molecular complexity index is 594. The van der Waals surface area contributed by atoms with Crippen molar-refractivity contribution in [2.75, 3.05) is 53.4 Å². The van der Waals surface area contributed by atoms with Gasteiger partial charge in [0.15, 0.2) is 11.5 Å². The van der Waals surface area contributed by atoms with Crippen molar-refractivity contribution in [3.8, 4) is 11.5 Å². The van der Waals surface area contributed by atoms with E-state index < -0.39 is 0 Å². The van der Waals surface area contributed by atoms with E-state index in [1.54, 1.807) is 7.11 Å². The monoisotopic (exact) mass is 361 g/mol. The lowest BCUT2D eigenvalue weighted by Gasteiger charge is -2.39. The first-order valence-corrected chi connectivity index (χ1v) is 9.59. The Labute approximate surface area is 156 Å². The van der Waals surface area contributed by atoms with E-state index >= 15 is 0 Å². The molecule has 6 heteroatoms. The summed E-state index contributed by atoms with van der Waals surface area (Å²) in [5.74, 6) is 1.80. The number of para-hydroxylation sites is 2. The Hall–Kier alpha value is -1.79. The van der Waals surface area contributed by atoms with Crippen molar-refractivity contribution < 1.29 is 14.3 Å². The van der Waals surface area contributed by atoms with Gasteiger partial charge in [-0.25, -0.2) is 0 Å². The highest BCUT2D eigenvalue weighted by Gasteiger charge is 2.31. The molecule has 2 saturated heterocycles. The Morgan fingerprint density at radius 1 is 1.04 bits per heavy atom. The summed E-state index contributed by atoms with van der Waals surface area (Å²) >= 11 is 0. The lowest BCUT2D eigenvalue weighted by atomic mass is 10.1. The summed E-state index contributed by atoms with van der Waals surface area (Å²) in [6.07, 6.45) is 1.85. The number of hydrogen-bond donors (Lipinski definition) is 0. The molecule has 0 aromatic heterocycles. The van der Waals surface area contributed by atoms with Gasteiger partial charge in [0.1, 0.15) is 6.10 Å². The van der Waals surface area contributed by atoms with Crippen LogP contribution in [-0.4, -0.2) is 86.2 Å². The van der Waals surface area contributed by atoms with Crippen LogP contribution in [0.4, 0.5) is 0 Å². The van der Waals surface area contributed by atoms with Gasteiger partial charge in [-0.2, -0.15) is 0 Å². The number of ether oxygens (including phenoxy) is 2. The lowest BCUT2D eigenvalue weighted by molar-refractivity contribution is -0.138. The minimum Gasteiger partial charge on any atom is -0.493 e. The summed E-state index contributed by atoms with van der Waals surface area (Å²) in [5, 5.41) is 0. The summed E-state index contributed by atoms with van der Waals surface area (Å²) in [6.45, 7) is 7.57. The van der Waals surface area contributed by atoms with E-state index in [0.29, 0.717) is 0 Å². The molecule has 26 heavy (non-hydrogen) atoms. The van der Waals surface area contributed by atoms with E-state index in [9.17, 15) is 4.79 Å². The van der Waals surface area contributed by atoms with E-state index in [0.717, 1.165) is 63.6 Å². The Balaban J connectivity index is 1.49. The van der Waals surface area contributed by atoms with Crippen molar-refractivity contribution in [2.24, 2.45) is 0 Å². The molecule has 2 aliphatic rings. The summed E-state index contributed by atoms with van der Waals surface area (Å²) in [5.41, 5.74) is 0. The molecule has 0 spiro atoms. The van der Waals surface area contributed by atoms with Gasteiger partial charge in [-0.1, -0.05) is 12.1 Å². The van der Waals surface area contributed by atoms with Gasteiger partial charge >= 0.3 is 0 Å². The maximum atomic E-state index is 12.9. The molecule has 2 fully saturated rings. The Morgan fingerprint density at radius 2 is 1.65 bits per heavy atom. The molecule has 2 heterocycles. The number of piperidine rings is 1. The number of likely N-dealkylation sites (tertiary alicyclic amines) is 1. The van der Waals surface area contributed by atoms with Gasteiger partial charge in [0.25, 0.3) is 0 Å². The molecule has 0 aliphatic carbocycles. The van der Waals surface area contributed by atoms with Crippen LogP contribution in [-0.2, 0) is 4.79 Å². The second kappa shape index (κ2) is 8.73. The Morgan fingerprint density at radius 3 is 2.27 bits per heavy atom. The molecule has 0 unspecified atom stereocenters. The zero-order valence-electron chi connectivity index (χ0n) is 16.2. The van der Waals surface area contributed by atoms with Gasteiger partial charge in [-0.15, -0.1) is 0 Å². The van der Waals surface area contributed by atoms with E-state index in [4.69, 9.17) is 9.47 Å². The third kappa shape index (κ3) is 4.48. The second-order valence-electron chi connectivity index (χ2n) is 7.31. The maximum absolute atomic E-state index is 12.9. The summed E-state index contributed by atoms with van der Waals surface area (Å²) in [6, 6.07) is 7.70. The van der Waals surface area contributed by atoms with Crippen LogP contribution in [0.2, 0.25) is 0 Å². The quantitative estimate of drug-likeness (QED) is 0.799. The van der Waals surface area contributed by atoms with Crippen LogP contribution in [0.25, 0.3) is 0 Å². The molecule has 0 radical (unpaired) electrons. The van der Waals surface area contributed by atoms with Gasteiger partial charge in [-0.05, 0) is 26.1 Å². The van der Waals surface area contributed by atoms with E-state index in [1.165, 1.54) is 0 Å². The number of rotatable bonds is 5. The molecule has 1 aromatic carbocycles. The van der Waals surface area contributed by atoms with Crippen molar-refractivity contribution in [2.45, 2.75) is 31.9 Å².